The van der Waals surface area contributed by atoms with E-state index < -0.39 is 75.4 Å². The molecule has 10 nitrogen and oxygen atoms in total. The van der Waals surface area contributed by atoms with Crippen LogP contribution in [0.25, 0.3) is 0 Å². The summed E-state index contributed by atoms with van der Waals surface area (Å²) in [5, 5.41) is 11.8. The number of aromatic nitrogens is 1. The Balaban J connectivity index is 1.33. The first-order valence-corrected chi connectivity index (χ1v) is 19.0. The monoisotopic (exact) mass is 888 g/mol. The second-order valence-corrected chi connectivity index (χ2v) is 16.1. The number of alkyl halides is 3. The molecule has 0 spiro atoms. The standard InChI is InChI=1S/C39H27BrCl3F3N4O6/c1-56-29-13-17(12-27(40)32(29)51)31-23-10-11-24-30(36(54)49(34(24)52)22-8-6-21(42)7-9-22)25(23)15-26-35(53)50(37(55)38(26,31)18-2-4-20(41)5-3-18)48-33-28(43)14-19(16-47-33)39(44,45)46/h2-10,12-14,16,24-26,30-31,51H,11,15H2,1H3,(H,47,48)/t24-,25+,26-,30-,31-,38+/m0/s1. The third-order valence-corrected chi connectivity index (χ3v) is 12.6. The molecular formula is C39H27BrCl3F3N4O6. The zero-order valence-electron chi connectivity index (χ0n) is 28.8. The van der Waals surface area contributed by atoms with Gasteiger partial charge in [0, 0.05) is 22.2 Å². The maximum Gasteiger partial charge on any atom is 0.417 e. The van der Waals surface area contributed by atoms with E-state index in [1.807, 2.05) is 6.08 Å². The Morgan fingerprint density at radius 2 is 1.59 bits per heavy atom. The van der Waals surface area contributed by atoms with E-state index in [1.165, 1.54) is 7.11 Å². The number of methoxy groups -OCH3 is 1. The molecule has 1 saturated carbocycles. The van der Waals surface area contributed by atoms with Gasteiger partial charge in [-0.3, -0.25) is 29.5 Å². The number of amides is 4. The molecule has 17 heteroatoms. The fraction of sp³-hybridized carbons (Fsp3) is 0.256. The summed E-state index contributed by atoms with van der Waals surface area (Å²) in [6, 6.07) is 16.4. The van der Waals surface area contributed by atoms with Gasteiger partial charge in [-0.15, -0.1) is 0 Å². The average Bonchev–Trinajstić information content (AvgIpc) is 3.54. The number of halogens is 7. The number of anilines is 2. The summed E-state index contributed by atoms with van der Waals surface area (Å²) in [5.74, 6) is -7.76. The molecule has 6 atom stereocenters. The number of ether oxygens (including phenoxy) is 1. The number of hydrogen-bond acceptors (Lipinski definition) is 8. The van der Waals surface area contributed by atoms with Gasteiger partial charge in [0.1, 0.15) is 0 Å². The fourth-order valence-electron chi connectivity index (χ4n) is 8.92. The maximum atomic E-state index is 15.4. The van der Waals surface area contributed by atoms with Crippen molar-refractivity contribution < 1.29 is 42.2 Å². The van der Waals surface area contributed by atoms with Gasteiger partial charge in [-0.05, 0) is 100 Å². The number of benzene rings is 3. The topological polar surface area (TPSA) is 129 Å². The Labute approximate surface area is 340 Å². The quantitative estimate of drug-likeness (QED) is 0.145. The van der Waals surface area contributed by atoms with E-state index >= 15 is 4.79 Å². The molecule has 3 fully saturated rings. The number of hydrazine groups is 1. The predicted molar refractivity (Wildman–Crippen MR) is 203 cm³/mol. The first kappa shape index (κ1) is 38.3. The molecular weight excluding hydrogens is 864 g/mol. The van der Waals surface area contributed by atoms with Crippen molar-refractivity contribution >= 4 is 85.9 Å². The van der Waals surface area contributed by atoms with Crippen molar-refractivity contribution in [2.45, 2.75) is 30.4 Å². The largest absolute Gasteiger partial charge is 0.503 e. The summed E-state index contributed by atoms with van der Waals surface area (Å²) in [6.07, 6.45) is -2.34. The van der Waals surface area contributed by atoms with Gasteiger partial charge >= 0.3 is 6.18 Å². The van der Waals surface area contributed by atoms with Crippen LogP contribution in [0.3, 0.4) is 0 Å². The van der Waals surface area contributed by atoms with Crippen LogP contribution < -0.4 is 15.1 Å². The van der Waals surface area contributed by atoms with Crippen LogP contribution in [0, 0.1) is 23.7 Å². The Morgan fingerprint density at radius 1 is 0.929 bits per heavy atom. The van der Waals surface area contributed by atoms with Crippen molar-refractivity contribution in [2.75, 3.05) is 17.4 Å². The van der Waals surface area contributed by atoms with Gasteiger partial charge in [0.2, 0.25) is 11.8 Å². The lowest BCUT2D eigenvalue weighted by atomic mass is 9.49. The molecule has 4 amide bonds. The molecule has 0 bridgehead atoms. The van der Waals surface area contributed by atoms with Gasteiger partial charge < -0.3 is 9.84 Å². The molecule has 2 N–H and O–H groups in total. The summed E-state index contributed by atoms with van der Waals surface area (Å²) in [7, 11) is 1.35. The highest BCUT2D eigenvalue weighted by molar-refractivity contribution is 9.10. The first-order chi connectivity index (χ1) is 26.6. The predicted octanol–water partition coefficient (Wildman–Crippen LogP) is 8.73. The average molecular weight is 891 g/mol. The molecule has 2 aliphatic heterocycles. The third kappa shape index (κ3) is 5.78. The van der Waals surface area contributed by atoms with E-state index in [0.29, 0.717) is 49.7 Å². The Morgan fingerprint density at radius 3 is 2.21 bits per heavy atom. The number of phenols is 1. The minimum Gasteiger partial charge on any atom is -0.503 e. The number of rotatable bonds is 6. The number of phenolic OH excluding ortho intramolecular Hbond substituents is 1. The lowest BCUT2D eigenvalue weighted by Crippen LogP contribution is -2.53. The highest BCUT2D eigenvalue weighted by Crippen LogP contribution is 2.65. The molecule has 288 valence electrons. The normalized spacial score (nSPS) is 25.9. The maximum absolute atomic E-state index is 15.4. The highest BCUT2D eigenvalue weighted by Gasteiger charge is 2.70. The van der Waals surface area contributed by atoms with E-state index in [2.05, 4.69) is 26.3 Å². The molecule has 3 aromatic carbocycles. The van der Waals surface area contributed by atoms with E-state index in [9.17, 15) is 32.7 Å². The number of nitrogens with zero attached hydrogens (tertiary/aromatic N) is 3. The van der Waals surface area contributed by atoms with E-state index in [0.717, 1.165) is 4.90 Å². The molecule has 2 aliphatic carbocycles. The van der Waals surface area contributed by atoms with Crippen LogP contribution in [0.1, 0.15) is 35.4 Å². The van der Waals surface area contributed by atoms with Gasteiger partial charge in [-0.1, -0.05) is 58.6 Å². The van der Waals surface area contributed by atoms with E-state index in [1.54, 1.807) is 60.7 Å². The van der Waals surface area contributed by atoms with Gasteiger partial charge in [-0.2, -0.15) is 18.2 Å². The van der Waals surface area contributed by atoms with Crippen LogP contribution in [0.15, 0.2) is 89.0 Å². The van der Waals surface area contributed by atoms with Gasteiger partial charge in [0.15, 0.2) is 17.3 Å². The number of pyridine rings is 1. The SMILES string of the molecule is COc1cc([C@H]2C3=CC[C@@H]4C(=O)N(c5ccc(Cl)cc5)C(=O)[C@@H]4[C@@H]3C[C@H]3C(=O)N(Nc4ncc(C(F)(F)F)cc4Cl)C(=O)[C@@]23c2ccc(Cl)cc2)cc(Br)c1O. The number of imide groups is 2. The van der Waals surface area contributed by atoms with Crippen LogP contribution in [-0.4, -0.2) is 45.8 Å². The smallest absolute Gasteiger partial charge is 0.417 e. The zero-order chi connectivity index (χ0) is 40.0. The van der Waals surface area contributed by atoms with Crippen molar-refractivity contribution in [1.29, 1.82) is 0 Å². The lowest BCUT2D eigenvalue weighted by Gasteiger charge is -2.50. The van der Waals surface area contributed by atoms with Crippen LogP contribution in [0.5, 0.6) is 11.5 Å². The van der Waals surface area contributed by atoms with Crippen molar-refractivity contribution in [3.63, 3.8) is 0 Å². The molecule has 0 radical (unpaired) electrons. The number of aromatic hydroxyl groups is 1. The second kappa shape index (κ2) is 13.8. The summed E-state index contributed by atoms with van der Waals surface area (Å²) >= 11 is 22.1. The van der Waals surface area contributed by atoms with Crippen LogP contribution >= 0.6 is 50.7 Å². The molecule has 0 unspecified atom stereocenters. The molecule has 8 rings (SSSR count). The lowest BCUT2D eigenvalue weighted by molar-refractivity contribution is -0.139. The zero-order valence-corrected chi connectivity index (χ0v) is 32.6. The van der Waals surface area contributed by atoms with Crippen LogP contribution in [-0.2, 0) is 30.8 Å². The molecule has 4 aromatic rings. The van der Waals surface area contributed by atoms with Crippen LogP contribution in [0.2, 0.25) is 15.1 Å². The van der Waals surface area contributed by atoms with Crippen LogP contribution in [0.4, 0.5) is 24.7 Å². The minimum atomic E-state index is -4.77. The Bertz CT molecular complexity index is 2380. The molecule has 4 aliphatic rings. The second-order valence-electron chi connectivity index (χ2n) is 14.0. The summed E-state index contributed by atoms with van der Waals surface area (Å²) < 4.78 is 46.2. The molecule has 2 saturated heterocycles. The third-order valence-electron chi connectivity index (χ3n) is 11.2. The number of fused-ring (bicyclic) bond motifs is 4. The van der Waals surface area contributed by atoms with E-state index in [-0.39, 0.29) is 34.6 Å². The Hall–Kier alpha value is -4.63. The molecule has 56 heavy (non-hydrogen) atoms. The first-order valence-electron chi connectivity index (χ1n) is 17.1. The van der Waals surface area contributed by atoms with Gasteiger partial charge in [-0.25, -0.2) is 4.98 Å². The van der Waals surface area contributed by atoms with E-state index in [4.69, 9.17) is 39.5 Å². The van der Waals surface area contributed by atoms with Crippen molar-refractivity contribution in [2.24, 2.45) is 23.7 Å². The van der Waals surface area contributed by atoms with Crippen molar-refractivity contribution in [3.8, 4) is 11.5 Å². The Kier molecular flexibility index (Phi) is 9.42. The number of carbonyl (C=O) groups is 4. The summed E-state index contributed by atoms with van der Waals surface area (Å²) in [5.41, 5.74) is 1.40. The number of carbonyl (C=O) groups excluding carboxylic acids is 4. The van der Waals surface area contributed by atoms with Crippen molar-refractivity contribution in [3.05, 3.63) is 121 Å². The minimum absolute atomic E-state index is 0.0436. The van der Waals surface area contributed by atoms with Gasteiger partial charge in [0.05, 0.1) is 51.0 Å². The van der Waals surface area contributed by atoms with Crippen molar-refractivity contribution in [1.82, 2.24) is 9.99 Å². The number of hydrogen-bond donors (Lipinski definition) is 2. The molecule has 1 aromatic heterocycles. The summed E-state index contributed by atoms with van der Waals surface area (Å²) in [6.45, 7) is 0. The summed E-state index contributed by atoms with van der Waals surface area (Å²) in [4.78, 5) is 63.7. The number of nitrogens with one attached hydrogen (secondary N) is 1. The van der Waals surface area contributed by atoms with Gasteiger partial charge in [0.25, 0.3) is 11.8 Å². The highest BCUT2D eigenvalue weighted by atomic mass is 79.9. The fourth-order valence-corrected chi connectivity index (χ4v) is 9.84. The number of allylic oxidation sites excluding steroid dienone is 2. The molecule has 3 heterocycles.